The number of hydrogen-bond acceptors (Lipinski definition) is 4. The largest absolute Gasteiger partial charge is 0.457 e. The van der Waals surface area contributed by atoms with Crippen LogP contribution in [0.4, 0.5) is 5.69 Å². The molecule has 2 rings (SSSR count). The molecule has 0 atom stereocenters. The number of halogens is 1. The minimum absolute atomic E-state index is 0.0186. The summed E-state index contributed by atoms with van der Waals surface area (Å²) in [5, 5.41) is 19.8. The van der Waals surface area contributed by atoms with Crippen LogP contribution >= 0.6 is 11.6 Å². The molecule has 0 radical (unpaired) electrons. The van der Waals surface area contributed by atoms with E-state index in [1.54, 1.807) is 18.2 Å². The summed E-state index contributed by atoms with van der Waals surface area (Å²) in [6.07, 6.45) is 0. The molecule has 0 unspecified atom stereocenters. The summed E-state index contributed by atoms with van der Waals surface area (Å²) in [5.74, 6) is 0.989. The summed E-state index contributed by atoms with van der Waals surface area (Å²) >= 11 is 5.73. The summed E-state index contributed by atoms with van der Waals surface area (Å²) in [5.41, 5.74) is 1.68. The average Bonchev–Trinajstić information content (AvgIpc) is 2.49. The van der Waals surface area contributed by atoms with E-state index in [1.165, 1.54) is 18.2 Å². The predicted molar refractivity (Wildman–Crippen MR) is 78.6 cm³/mol. The Labute approximate surface area is 126 Å². The van der Waals surface area contributed by atoms with E-state index in [9.17, 15) is 10.1 Å². The predicted octanol–water partition coefficient (Wildman–Crippen LogP) is 4.31. The Kier molecular flexibility index (Phi) is 4.41. The highest BCUT2D eigenvalue weighted by Crippen LogP contribution is 2.30. The Bertz CT molecular complexity index is 738. The van der Waals surface area contributed by atoms with Gasteiger partial charge in [0.25, 0.3) is 5.69 Å². The number of nitrogens with zero attached hydrogens (tertiary/aromatic N) is 2. The number of nitro groups is 1. The third kappa shape index (κ3) is 3.30. The van der Waals surface area contributed by atoms with Crippen LogP contribution in [0.15, 0.2) is 36.4 Å². The van der Waals surface area contributed by atoms with Gasteiger partial charge in [0, 0.05) is 11.6 Å². The molecular weight excluding hydrogens is 292 g/mol. The van der Waals surface area contributed by atoms with Crippen LogP contribution in [0, 0.1) is 28.4 Å². The van der Waals surface area contributed by atoms with Crippen molar-refractivity contribution >= 4 is 17.3 Å². The molecule has 0 aliphatic carbocycles. The SMILES string of the molecule is Cc1ccc(C#N)cc1Oc1ccc([N+](=O)[O-])c(CCl)c1. The Morgan fingerprint density at radius 2 is 2.10 bits per heavy atom. The van der Waals surface area contributed by atoms with Crippen LogP contribution in [-0.2, 0) is 5.88 Å². The van der Waals surface area contributed by atoms with Gasteiger partial charge in [0.2, 0.25) is 0 Å². The Balaban J connectivity index is 2.36. The minimum atomic E-state index is -0.483. The van der Waals surface area contributed by atoms with Gasteiger partial charge >= 0.3 is 0 Å². The van der Waals surface area contributed by atoms with Crippen molar-refractivity contribution in [2.24, 2.45) is 0 Å². The van der Waals surface area contributed by atoms with Crippen LogP contribution in [0.2, 0.25) is 0 Å². The number of nitro benzene ring substituents is 1. The van der Waals surface area contributed by atoms with Gasteiger partial charge in [-0.3, -0.25) is 10.1 Å². The molecule has 0 aromatic heterocycles. The summed E-state index contributed by atoms with van der Waals surface area (Å²) in [6, 6.07) is 11.5. The highest BCUT2D eigenvalue weighted by Gasteiger charge is 2.14. The van der Waals surface area contributed by atoms with Crippen molar-refractivity contribution in [1.29, 1.82) is 5.26 Å². The van der Waals surface area contributed by atoms with Crippen LogP contribution in [-0.4, -0.2) is 4.92 Å². The van der Waals surface area contributed by atoms with Crippen molar-refractivity contribution in [3.63, 3.8) is 0 Å². The topological polar surface area (TPSA) is 76.2 Å². The van der Waals surface area contributed by atoms with Crippen molar-refractivity contribution in [3.8, 4) is 17.6 Å². The third-order valence-corrected chi connectivity index (χ3v) is 3.22. The summed E-state index contributed by atoms with van der Waals surface area (Å²) < 4.78 is 5.70. The maximum atomic E-state index is 10.9. The highest BCUT2D eigenvalue weighted by atomic mass is 35.5. The zero-order valence-electron chi connectivity index (χ0n) is 11.2. The molecule has 6 heteroatoms. The number of alkyl halides is 1. The van der Waals surface area contributed by atoms with E-state index >= 15 is 0 Å². The smallest absolute Gasteiger partial charge is 0.274 e. The van der Waals surface area contributed by atoms with Crippen LogP contribution in [0.3, 0.4) is 0 Å². The van der Waals surface area contributed by atoms with E-state index < -0.39 is 4.92 Å². The second kappa shape index (κ2) is 6.25. The van der Waals surface area contributed by atoms with Crippen molar-refractivity contribution in [3.05, 3.63) is 63.2 Å². The van der Waals surface area contributed by atoms with Gasteiger partial charge in [-0.1, -0.05) is 6.07 Å². The van der Waals surface area contributed by atoms with E-state index in [4.69, 9.17) is 21.6 Å². The molecule has 0 aliphatic heterocycles. The Morgan fingerprint density at radius 1 is 1.33 bits per heavy atom. The first-order valence-electron chi connectivity index (χ1n) is 6.07. The molecule has 2 aromatic carbocycles. The molecule has 0 bridgehead atoms. The van der Waals surface area contributed by atoms with Crippen molar-refractivity contribution in [2.75, 3.05) is 0 Å². The van der Waals surface area contributed by atoms with Gasteiger partial charge in [0.15, 0.2) is 0 Å². The summed E-state index contributed by atoms with van der Waals surface area (Å²) in [6.45, 7) is 1.85. The minimum Gasteiger partial charge on any atom is -0.457 e. The fourth-order valence-electron chi connectivity index (χ4n) is 1.82. The molecule has 0 saturated carbocycles. The van der Waals surface area contributed by atoms with Gasteiger partial charge in [-0.15, -0.1) is 11.6 Å². The van der Waals surface area contributed by atoms with Gasteiger partial charge in [-0.05, 0) is 36.8 Å². The van der Waals surface area contributed by atoms with Crippen molar-refractivity contribution in [1.82, 2.24) is 0 Å². The Morgan fingerprint density at radius 3 is 2.71 bits per heavy atom. The average molecular weight is 303 g/mol. The first-order chi connectivity index (χ1) is 10.0. The molecule has 0 aliphatic rings. The second-order valence-electron chi connectivity index (χ2n) is 4.38. The maximum absolute atomic E-state index is 10.9. The fourth-order valence-corrected chi connectivity index (χ4v) is 2.03. The molecule has 106 valence electrons. The molecule has 21 heavy (non-hydrogen) atoms. The number of hydrogen-bond donors (Lipinski definition) is 0. The lowest BCUT2D eigenvalue weighted by molar-refractivity contribution is -0.385. The molecular formula is C15H11ClN2O3. The van der Waals surface area contributed by atoms with Gasteiger partial charge in [0.05, 0.1) is 22.4 Å². The lowest BCUT2D eigenvalue weighted by Gasteiger charge is -2.10. The lowest BCUT2D eigenvalue weighted by Crippen LogP contribution is -1.95. The van der Waals surface area contributed by atoms with Gasteiger partial charge in [-0.2, -0.15) is 5.26 Å². The molecule has 0 saturated heterocycles. The number of benzene rings is 2. The van der Waals surface area contributed by atoms with Gasteiger partial charge in [-0.25, -0.2) is 0 Å². The van der Waals surface area contributed by atoms with Crippen LogP contribution in [0.25, 0.3) is 0 Å². The van der Waals surface area contributed by atoms with Crippen molar-refractivity contribution < 1.29 is 9.66 Å². The highest BCUT2D eigenvalue weighted by molar-refractivity contribution is 6.17. The van der Waals surface area contributed by atoms with Crippen LogP contribution in [0.5, 0.6) is 11.5 Å². The molecule has 2 aromatic rings. The van der Waals surface area contributed by atoms with Gasteiger partial charge < -0.3 is 4.74 Å². The van der Waals surface area contributed by atoms with E-state index in [0.717, 1.165) is 5.56 Å². The zero-order valence-corrected chi connectivity index (χ0v) is 11.9. The van der Waals surface area contributed by atoms with Crippen LogP contribution < -0.4 is 4.74 Å². The number of nitriles is 1. The summed E-state index contributed by atoms with van der Waals surface area (Å²) in [7, 11) is 0. The maximum Gasteiger partial charge on any atom is 0.274 e. The molecule has 0 amide bonds. The zero-order chi connectivity index (χ0) is 15.4. The van der Waals surface area contributed by atoms with E-state index in [0.29, 0.717) is 22.6 Å². The quantitative estimate of drug-likeness (QED) is 0.479. The lowest BCUT2D eigenvalue weighted by atomic mass is 10.1. The first kappa shape index (κ1) is 14.8. The van der Waals surface area contributed by atoms with Crippen molar-refractivity contribution in [2.45, 2.75) is 12.8 Å². The van der Waals surface area contributed by atoms with E-state index in [2.05, 4.69) is 0 Å². The third-order valence-electron chi connectivity index (χ3n) is 2.94. The van der Waals surface area contributed by atoms with E-state index in [-0.39, 0.29) is 11.6 Å². The molecule has 0 N–H and O–H groups in total. The monoisotopic (exact) mass is 302 g/mol. The summed E-state index contributed by atoms with van der Waals surface area (Å²) in [4.78, 5) is 10.4. The second-order valence-corrected chi connectivity index (χ2v) is 4.64. The first-order valence-corrected chi connectivity index (χ1v) is 6.60. The molecule has 0 heterocycles. The molecule has 0 fully saturated rings. The van der Waals surface area contributed by atoms with Crippen LogP contribution in [0.1, 0.15) is 16.7 Å². The standard InChI is InChI=1S/C15H11ClN2O3/c1-10-2-3-11(9-17)6-15(10)21-13-4-5-14(18(19)20)12(7-13)8-16/h2-7H,8H2,1H3. The number of ether oxygens (including phenoxy) is 1. The molecule has 0 spiro atoms. The fraction of sp³-hybridized carbons (Fsp3) is 0.133. The van der Waals surface area contributed by atoms with E-state index in [1.807, 2.05) is 13.0 Å². The normalized spacial score (nSPS) is 9.95. The number of rotatable bonds is 4. The molecule has 5 nitrogen and oxygen atoms in total. The van der Waals surface area contributed by atoms with Gasteiger partial charge in [0.1, 0.15) is 11.5 Å². The Hall–Kier alpha value is -2.58. The number of aryl methyl sites for hydroxylation is 1.